The van der Waals surface area contributed by atoms with Gasteiger partial charge in [-0.15, -0.1) is 0 Å². The van der Waals surface area contributed by atoms with Crippen molar-refractivity contribution in [3.63, 3.8) is 0 Å². The van der Waals surface area contributed by atoms with E-state index in [0.29, 0.717) is 5.69 Å². The van der Waals surface area contributed by atoms with Gasteiger partial charge in [0.05, 0.1) is 0 Å². The van der Waals surface area contributed by atoms with Crippen LogP contribution in [0.3, 0.4) is 0 Å². The SMILES string of the molecule is CC1(C)CC1C(=O)Nc1ccc(Cc2ccc(NC(=O)c3ccccn3)cc2)cc1. The first kappa shape index (κ1) is 19.8. The van der Waals surface area contributed by atoms with Gasteiger partial charge in [-0.2, -0.15) is 0 Å². The molecule has 0 aliphatic heterocycles. The van der Waals surface area contributed by atoms with E-state index in [1.54, 1.807) is 24.4 Å². The number of benzene rings is 2. The Morgan fingerprint density at radius 3 is 1.97 bits per heavy atom. The average molecular weight is 399 g/mol. The van der Waals surface area contributed by atoms with Crippen molar-refractivity contribution < 1.29 is 9.59 Å². The molecule has 0 saturated heterocycles. The van der Waals surface area contributed by atoms with Crippen LogP contribution in [0.5, 0.6) is 0 Å². The van der Waals surface area contributed by atoms with Crippen LogP contribution in [0.4, 0.5) is 11.4 Å². The fourth-order valence-electron chi connectivity index (χ4n) is 3.48. The monoisotopic (exact) mass is 399 g/mol. The number of carbonyl (C=O) groups is 2. The predicted molar refractivity (Wildman–Crippen MR) is 118 cm³/mol. The van der Waals surface area contributed by atoms with E-state index in [2.05, 4.69) is 29.5 Å². The smallest absolute Gasteiger partial charge is 0.274 e. The van der Waals surface area contributed by atoms with Gasteiger partial charge in [0.15, 0.2) is 0 Å². The van der Waals surface area contributed by atoms with Crippen LogP contribution >= 0.6 is 0 Å². The maximum atomic E-state index is 12.2. The maximum absolute atomic E-state index is 12.2. The summed E-state index contributed by atoms with van der Waals surface area (Å²) in [5, 5.41) is 5.86. The van der Waals surface area contributed by atoms with Crippen LogP contribution in [0.15, 0.2) is 72.9 Å². The van der Waals surface area contributed by atoms with Gasteiger partial charge in [0, 0.05) is 23.5 Å². The van der Waals surface area contributed by atoms with Crippen LogP contribution in [-0.4, -0.2) is 16.8 Å². The first-order chi connectivity index (χ1) is 14.4. The number of hydrogen-bond donors (Lipinski definition) is 2. The van der Waals surface area contributed by atoms with Gasteiger partial charge in [-0.3, -0.25) is 14.6 Å². The Kier molecular flexibility index (Phi) is 5.36. The number of aromatic nitrogens is 1. The molecule has 2 amide bonds. The zero-order chi connectivity index (χ0) is 21.1. The second-order valence-electron chi connectivity index (χ2n) is 8.47. The summed E-state index contributed by atoms with van der Waals surface area (Å²) < 4.78 is 0. The summed E-state index contributed by atoms with van der Waals surface area (Å²) in [5.74, 6) is 0.000476. The topological polar surface area (TPSA) is 71.1 Å². The zero-order valence-electron chi connectivity index (χ0n) is 17.2. The van der Waals surface area contributed by atoms with Crippen molar-refractivity contribution >= 4 is 23.2 Å². The molecule has 4 rings (SSSR count). The van der Waals surface area contributed by atoms with Crippen molar-refractivity contribution in [2.24, 2.45) is 11.3 Å². The molecule has 1 saturated carbocycles. The lowest BCUT2D eigenvalue weighted by Gasteiger charge is -2.09. The molecule has 0 radical (unpaired) electrons. The molecule has 0 spiro atoms. The highest BCUT2D eigenvalue weighted by molar-refractivity contribution is 6.02. The minimum Gasteiger partial charge on any atom is -0.326 e. The number of anilines is 2. The molecule has 1 heterocycles. The molecule has 0 bridgehead atoms. The summed E-state index contributed by atoms with van der Waals surface area (Å²) >= 11 is 0. The number of amides is 2. The summed E-state index contributed by atoms with van der Waals surface area (Å²) in [4.78, 5) is 28.5. The van der Waals surface area contributed by atoms with Gasteiger partial charge in [0.2, 0.25) is 5.91 Å². The third-order valence-corrected chi connectivity index (χ3v) is 5.57. The van der Waals surface area contributed by atoms with Gasteiger partial charge >= 0.3 is 0 Å². The van der Waals surface area contributed by atoms with Crippen LogP contribution in [-0.2, 0) is 11.2 Å². The Morgan fingerprint density at radius 1 is 0.900 bits per heavy atom. The fourth-order valence-corrected chi connectivity index (χ4v) is 3.48. The molecule has 152 valence electrons. The minimum absolute atomic E-state index is 0.107. The number of rotatable bonds is 6. The van der Waals surface area contributed by atoms with E-state index in [4.69, 9.17) is 0 Å². The number of carbonyl (C=O) groups excluding carboxylic acids is 2. The molecule has 3 aromatic rings. The Hall–Kier alpha value is -3.47. The zero-order valence-corrected chi connectivity index (χ0v) is 17.2. The van der Waals surface area contributed by atoms with Gasteiger partial charge in [-0.05, 0) is 65.8 Å². The Morgan fingerprint density at radius 2 is 1.47 bits per heavy atom. The molecule has 1 atom stereocenters. The maximum Gasteiger partial charge on any atom is 0.274 e. The highest BCUT2D eigenvalue weighted by atomic mass is 16.2. The lowest BCUT2D eigenvalue weighted by Crippen LogP contribution is -2.16. The van der Waals surface area contributed by atoms with Gasteiger partial charge in [-0.1, -0.05) is 44.2 Å². The summed E-state index contributed by atoms with van der Waals surface area (Å²) in [5.41, 5.74) is 4.38. The molecule has 1 unspecified atom stereocenters. The fraction of sp³-hybridized carbons (Fsp3) is 0.240. The van der Waals surface area contributed by atoms with Crippen molar-refractivity contribution in [1.29, 1.82) is 0 Å². The van der Waals surface area contributed by atoms with Crippen molar-refractivity contribution in [2.45, 2.75) is 26.7 Å². The van der Waals surface area contributed by atoms with Crippen LogP contribution < -0.4 is 10.6 Å². The molecule has 2 aromatic carbocycles. The molecular weight excluding hydrogens is 374 g/mol. The second kappa shape index (κ2) is 8.11. The second-order valence-corrected chi connectivity index (χ2v) is 8.47. The Balaban J connectivity index is 1.32. The normalized spacial score (nSPS) is 16.5. The van der Waals surface area contributed by atoms with Gasteiger partial charge < -0.3 is 10.6 Å². The van der Waals surface area contributed by atoms with Crippen LogP contribution in [0.25, 0.3) is 0 Å². The molecule has 1 aromatic heterocycles. The molecule has 1 aliphatic carbocycles. The molecule has 5 nitrogen and oxygen atoms in total. The standard InChI is InChI=1S/C25H25N3O2/c1-25(2)16-21(25)23(29)27-19-10-6-17(7-11-19)15-18-8-12-20(13-9-18)28-24(30)22-5-3-4-14-26-22/h3-14,21H,15-16H2,1-2H3,(H,27,29)(H,28,30). The number of nitrogens with zero attached hydrogens (tertiary/aromatic N) is 1. The largest absolute Gasteiger partial charge is 0.326 e. The summed E-state index contributed by atoms with van der Waals surface area (Å²) in [6.07, 6.45) is 3.33. The Bertz CT molecular complexity index is 1040. The van der Waals surface area contributed by atoms with Crippen LogP contribution in [0.1, 0.15) is 41.9 Å². The van der Waals surface area contributed by atoms with Crippen molar-refractivity contribution in [1.82, 2.24) is 4.98 Å². The van der Waals surface area contributed by atoms with E-state index in [9.17, 15) is 9.59 Å². The van der Waals surface area contributed by atoms with E-state index in [1.165, 1.54) is 0 Å². The Labute approximate surface area is 176 Å². The van der Waals surface area contributed by atoms with Crippen LogP contribution in [0.2, 0.25) is 0 Å². The highest BCUT2D eigenvalue weighted by Gasteiger charge is 2.50. The molecule has 30 heavy (non-hydrogen) atoms. The van der Waals surface area contributed by atoms with E-state index in [-0.39, 0.29) is 23.1 Å². The van der Waals surface area contributed by atoms with Gasteiger partial charge in [0.25, 0.3) is 5.91 Å². The molecular formula is C25H25N3O2. The van der Waals surface area contributed by atoms with Crippen LogP contribution in [0, 0.1) is 11.3 Å². The molecule has 1 fully saturated rings. The predicted octanol–water partition coefficient (Wildman–Crippen LogP) is 4.91. The van der Waals surface area contributed by atoms with Gasteiger partial charge in [0.1, 0.15) is 5.69 Å². The average Bonchev–Trinajstić information content (AvgIpc) is 3.40. The third kappa shape index (κ3) is 4.74. The van der Waals surface area contributed by atoms with E-state index in [0.717, 1.165) is 35.3 Å². The van der Waals surface area contributed by atoms with Crippen molar-refractivity contribution in [3.8, 4) is 0 Å². The summed E-state index contributed by atoms with van der Waals surface area (Å²) in [6.45, 7) is 4.24. The van der Waals surface area contributed by atoms with Gasteiger partial charge in [-0.25, -0.2) is 0 Å². The third-order valence-electron chi connectivity index (χ3n) is 5.57. The van der Waals surface area contributed by atoms with Crippen molar-refractivity contribution in [3.05, 3.63) is 89.7 Å². The lowest BCUT2D eigenvalue weighted by atomic mass is 10.0. The number of hydrogen-bond acceptors (Lipinski definition) is 3. The molecule has 1 aliphatic rings. The van der Waals surface area contributed by atoms with E-state index in [1.807, 2.05) is 48.5 Å². The number of nitrogens with one attached hydrogen (secondary N) is 2. The van der Waals surface area contributed by atoms with E-state index >= 15 is 0 Å². The lowest BCUT2D eigenvalue weighted by molar-refractivity contribution is -0.118. The molecule has 2 N–H and O–H groups in total. The summed E-state index contributed by atoms with van der Waals surface area (Å²) in [6, 6.07) is 21.0. The first-order valence-electron chi connectivity index (χ1n) is 10.1. The quantitative estimate of drug-likeness (QED) is 0.619. The first-order valence-corrected chi connectivity index (χ1v) is 10.1. The highest BCUT2D eigenvalue weighted by Crippen LogP contribution is 2.51. The van der Waals surface area contributed by atoms with Crippen molar-refractivity contribution in [2.75, 3.05) is 10.6 Å². The number of pyridine rings is 1. The molecule has 5 heteroatoms. The minimum atomic E-state index is -0.226. The summed E-state index contributed by atoms with van der Waals surface area (Å²) in [7, 11) is 0. The van der Waals surface area contributed by atoms with E-state index < -0.39 is 0 Å².